The van der Waals surface area contributed by atoms with Gasteiger partial charge in [0.15, 0.2) is 17.3 Å². The van der Waals surface area contributed by atoms with E-state index in [4.69, 9.17) is 4.42 Å². The molecule has 0 spiro atoms. The first-order chi connectivity index (χ1) is 12.4. The van der Waals surface area contributed by atoms with E-state index >= 15 is 0 Å². The van der Waals surface area contributed by atoms with Gasteiger partial charge in [-0.3, -0.25) is 9.89 Å². The maximum Gasteiger partial charge on any atom is 0.471 e. The van der Waals surface area contributed by atoms with Crippen LogP contribution in [0.4, 0.5) is 13.2 Å². The molecule has 1 atom stereocenters. The van der Waals surface area contributed by atoms with Crippen LogP contribution in [0, 0.1) is 0 Å². The minimum atomic E-state index is -4.68. The van der Waals surface area contributed by atoms with Gasteiger partial charge in [0.25, 0.3) is 5.91 Å². The van der Waals surface area contributed by atoms with E-state index in [-0.39, 0.29) is 24.0 Å². The van der Waals surface area contributed by atoms with Gasteiger partial charge in [-0.2, -0.15) is 23.3 Å². The molecule has 0 radical (unpaired) electrons. The number of H-pyrrole nitrogens is 1. The number of nitrogens with one attached hydrogen (secondary N) is 1. The number of aromatic nitrogens is 4. The van der Waals surface area contributed by atoms with Gasteiger partial charge >= 0.3 is 12.1 Å². The quantitative estimate of drug-likeness (QED) is 0.764. The maximum atomic E-state index is 12.6. The first kappa shape index (κ1) is 16.4. The molecule has 1 N–H and O–H groups in total. The molecular formula is C15H12F3N5O3. The number of hydrogen-bond acceptors (Lipinski definition) is 6. The zero-order chi connectivity index (χ0) is 18.3. The Hall–Kier alpha value is -3.11. The molecule has 26 heavy (non-hydrogen) atoms. The molecule has 4 heterocycles. The van der Waals surface area contributed by atoms with E-state index < -0.39 is 18.0 Å². The van der Waals surface area contributed by atoms with Crippen LogP contribution in [0.2, 0.25) is 0 Å². The zero-order valence-electron chi connectivity index (χ0n) is 13.2. The fourth-order valence-corrected chi connectivity index (χ4v) is 2.82. The van der Waals surface area contributed by atoms with Crippen molar-refractivity contribution in [1.82, 2.24) is 25.2 Å². The van der Waals surface area contributed by atoms with Gasteiger partial charge in [-0.15, -0.1) is 0 Å². The van der Waals surface area contributed by atoms with E-state index in [1.807, 2.05) is 0 Å². The number of likely N-dealkylation sites (tertiary alicyclic amines) is 1. The van der Waals surface area contributed by atoms with Gasteiger partial charge in [0.2, 0.25) is 0 Å². The Bertz CT molecular complexity index is 915. The molecule has 11 heteroatoms. The second kappa shape index (κ2) is 6.00. The number of amides is 1. The van der Waals surface area contributed by atoms with Crippen molar-refractivity contribution < 1.29 is 26.9 Å². The number of nitrogens with zero attached hydrogens (tertiary/aromatic N) is 4. The van der Waals surface area contributed by atoms with Crippen LogP contribution in [0.3, 0.4) is 0 Å². The van der Waals surface area contributed by atoms with Crippen LogP contribution < -0.4 is 0 Å². The number of halogens is 3. The fraction of sp³-hybridized carbons (Fsp3) is 0.333. The first-order valence-corrected chi connectivity index (χ1v) is 7.71. The molecule has 1 saturated heterocycles. The number of carbonyl (C=O) groups excluding carboxylic acids is 1. The highest BCUT2D eigenvalue weighted by molar-refractivity contribution is 5.93. The minimum Gasteiger partial charge on any atom is -0.463 e. The molecule has 1 fully saturated rings. The van der Waals surface area contributed by atoms with E-state index in [9.17, 15) is 18.0 Å². The minimum absolute atomic E-state index is 0.0501. The van der Waals surface area contributed by atoms with Gasteiger partial charge in [0.1, 0.15) is 5.69 Å². The predicted molar refractivity (Wildman–Crippen MR) is 78.9 cm³/mol. The van der Waals surface area contributed by atoms with Gasteiger partial charge < -0.3 is 13.8 Å². The van der Waals surface area contributed by atoms with E-state index in [2.05, 4.69) is 24.9 Å². The summed E-state index contributed by atoms with van der Waals surface area (Å²) in [5, 5.41) is 10.1. The Kier molecular flexibility index (Phi) is 3.78. The van der Waals surface area contributed by atoms with Crippen LogP contribution in [0.15, 0.2) is 33.4 Å². The molecule has 4 rings (SSSR count). The van der Waals surface area contributed by atoms with Crippen LogP contribution in [0.5, 0.6) is 0 Å². The van der Waals surface area contributed by atoms with Gasteiger partial charge in [0.05, 0.1) is 6.26 Å². The topological polar surface area (TPSA) is 101 Å². The molecule has 3 aromatic rings. The van der Waals surface area contributed by atoms with Gasteiger partial charge in [-0.25, -0.2) is 0 Å². The fourth-order valence-electron chi connectivity index (χ4n) is 2.82. The largest absolute Gasteiger partial charge is 0.471 e. The Labute approximate surface area is 144 Å². The summed E-state index contributed by atoms with van der Waals surface area (Å²) in [5.74, 6) is -1.63. The normalized spacial score (nSPS) is 17.8. The molecule has 136 valence electrons. The molecular weight excluding hydrogens is 355 g/mol. The molecule has 0 aliphatic carbocycles. The van der Waals surface area contributed by atoms with E-state index in [1.54, 1.807) is 18.2 Å². The summed E-state index contributed by atoms with van der Waals surface area (Å²) in [6.07, 6.45) is -2.74. The van der Waals surface area contributed by atoms with E-state index in [0.717, 1.165) is 0 Å². The number of aromatic amines is 1. The summed E-state index contributed by atoms with van der Waals surface area (Å²) in [5.41, 5.74) is 0.753. The van der Waals surface area contributed by atoms with Gasteiger partial charge in [0, 0.05) is 25.1 Å². The molecule has 0 saturated carbocycles. The number of rotatable bonds is 3. The highest BCUT2D eigenvalue weighted by Crippen LogP contribution is 2.31. The number of alkyl halides is 3. The number of furan rings is 1. The SMILES string of the molecule is O=C(c1cc(-c2ccco2)[nH]n1)N1CC[C@H](c2noc(C(F)(F)F)n2)C1. The summed E-state index contributed by atoms with van der Waals surface area (Å²) in [7, 11) is 0. The predicted octanol–water partition coefficient (Wildman–Crippen LogP) is 2.70. The Morgan fingerprint density at radius 2 is 2.23 bits per heavy atom. The summed E-state index contributed by atoms with van der Waals surface area (Å²) in [4.78, 5) is 17.4. The lowest BCUT2D eigenvalue weighted by Gasteiger charge is -2.13. The maximum absolute atomic E-state index is 12.6. The van der Waals surface area contributed by atoms with Crippen molar-refractivity contribution in [2.45, 2.75) is 18.5 Å². The lowest BCUT2D eigenvalue weighted by molar-refractivity contribution is -0.159. The molecule has 3 aromatic heterocycles. The molecule has 0 aromatic carbocycles. The Morgan fingerprint density at radius 3 is 2.92 bits per heavy atom. The molecule has 0 bridgehead atoms. The summed E-state index contributed by atoms with van der Waals surface area (Å²) in [6.45, 7) is 0.556. The third-order valence-corrected chi connectivity index (χ3v) is 4.11. The molecule has 1 aliphatic heterocycles. The highest BCUT2D eigenvalue weighted by atomic mass is 19.4. The lowest BCUT2D eigenvalue weighted by atomic mass is 10.1. The average Bonchev–Trinajstić information content (AvgIpc) is 3.41. The van der Waals surface area contributed by atoms with Crippen LogP contribution >= 0.6 is 0 Å². The summed E-state index contributed by atoms with van der Waals surface area (Å²) >= 11 is 0. The summed E-state index contributed by atoms with van der Waals surface area (Å²) in [6, 6.07) is 5.00. The molecule has 0 unspecified atom stereocenters. The van der Waals surface area contributed by atoms with E-state index in [1.165, 1.54) is 11.2 Å². The average molecular weight is 367 g/mol. The lowest BCUT2D eigenvalue weighted by Crippen LogP contribution is -2.28. The third kappa shape index (κ3) is 2.95. The van der Waals surface area contributed by atoms with E-state index in [0.29, 0.717) is 24.4 Å². The van der Waals surface area contributed by atoms with Crippen LogP contribution in [-0.2, 0) is 6.18 Å². The number of carbonyl (C=O) groups is 1. The van der Waals surface area contributed by atoms with Gasteiger partial charge in [-0.05, 0) is 18.6 Å². The van der Waals surface area contributed by atoms with Crippen molar-refractivity contribution in [2.75, 3.05) is 13.1 Å². The zero-order valence-corrected chi connectivity index (χ0v) is 13.2. The van der Waals surface area contributed by atoms with Crippen LogP contribution in [-0.4, -0.2) is 44.2 Å². The van der Waals surface area contributed by atoms with Crippen LogP contribution in [0.25, 0.3) is 11.5 Å². The second-order valence-electron chi connectivity index (χ2n) is 5.84. The smallest absolute Gasteiger partial charge is 0.463 e. The third-order valence-electron chi connectivity index (χ3n) is 4.11. The standard InChI is InChI=1S/C15H12F3N5O3/c16-15(17,18)14-19-12(22-26-14)8-3-4-23(7-8)13(24)10-6-9(20-21-10)11-2-1-5-25-11/h1-2,5-6,8H,3-4,7H2,(H,20,21)/t8-/m0/s1. The second-order valence-corrected chi connectivity index (χ2v) is 5.84. The van der Waals surface area contributed by atoms with Gasteiger partial charge in [-0.1, -0.05) is 5.16 Å². The van der Waals surface area contributed by atoms with Crippen molar-refractivity contribution in [2.24, 2.45) is 0 Å². The molecule has 1 amide bonds. The van der Waals surface area contributed by atoms with Crippen molar-refractivity contribution in [3.8, 4) is 11.5 Å². The highest BCUT2D eigenvalue weighted by Gasteiger charge is 2.40. The Morgan fingerprint density at radius 1 is 1.38 bits per heavy atom. The van der Waals surface area contributed by atoms with Crippen molar-refractivity contribution in [3.63, 3.8) is 0 Å². The van der Waals surface area contributed by atoms with Crippen molar-refractivity contribution in [1.29, 1.82) is 0 Å². The number of hydrogen-bond donors (Lipinski definition) is 1. The first-order valence-electron chi connectivity index (χ1n) is 7.71. The van der Waals surface area contributed by atoms with Crippen LogP contribution in [0.1, 0.15) is 34.5 Å². The van der Waals surface area contributed by atoms with Crippen molar-refractivity contribution >= 4 is 5.91 Å². The van der Waals surface area contributed by atoms with Crippen molar-refractivity contribution in [3.05, 3.63) is 41.9 Å². The Balaban J connectivity index is 1.45. The summed E-state index contributed by atoms with van der Waals surface area (Å²) < 4.78 is 47.1. The molecule has 1 aliphatic rings. The monoisotopic (exact) mass is 367 g/mol. The molecule has 8 nitrogen and oxygen atoms in total.